The predicted octanol–water partition coefficient (Wildman–Crippen LogP) is 2.40. The first-order valence-corrected chi connectivity index (χ1v) is 4.50. The highest BCUT2D eigenvalue weighted by molar-refractivity contribution is 5.36. The van der Waals surface area contributed by atoms with Gasteiger partial charge in [0, 0.05) is 11.0 Å². The maximum absolute atomic E-state index is 5.37. The SMILES string of the molecule is CC1(C)C=CC2=C(C=C1)OCOC2. The third-order valence-electron chi connectivity index (χ3n) is 2.25. The van der Waals surface area contributed by atoms with Crippen LogP contribution in [0.25, 0.3) is 0 Å². The van der Waals surface area contributed by atoms with Gasteiger partial charge in [-0.25, -0.2) is 0 Å². The molecule has 70 valence electrons. The number of allylic oxidation sites excluding steroid dienone is 3. The van der Waals surface area contributed by atoms with Gasteiger partial charge in [0.25, 0.3) is 0 Å². The molecule has 0 spiro atoms. The van der Waals surface area contributed by atoms with Crippen LogP contribution in [0, 0.1) is 5.41 Å². The minimum atomic E-state index is 0.112. The summed E-state index contributed by atoms with van der Waals surface area (Å²) in [6.45, 7) is 5.36. The number of rotatable bonds is 0. The molecule has 2 rings (SSSR count). The summed E-state index contributed by atoms with van der Waals surface area (Å²) in [5.41, 5.74) is 1.24. The lowest BCUT2D eigenvalue weighted by Crippen LogP contribution is -2.11. The van der Waals surface area contributed by atoms with Gasteiger partial charge in [-0.3, -0.25) is 0 Å². The van der Waals surface area contributed by atoms with E-state index >= 15 is 0 Å². The van der Waals surface area contributed by atoms with E-state index in [4.69, 9.17) is 9.47 Å². The molecule has 0 fully saturated rings. The predicted molar refractivity (Wildman–Crippen MR) is 51.0 cm³/mol. The van der Waals surface area contributed by atoms with E-state index in [0.29, 0.717) is 13.4 Å². The highest BCUT2D eigenvalue weighted by Crippen LogP contribution is 2.27. The topological polar surface area (TPSA) is 18.5 Å². The van der Waals surface area contributed by atoms with Crippen LogP contribution in [-0.2, 0) is 9.47 Å². The normalized spacial score (nSPS) is 25.1. The van der Waals surface area contributed by atoms with Crippen molar-refractivity contribution in [2.45, 2.75) is 13.8 Å². The minimum Gasteiger partial charge on any atom is -0.467 e. The summed E-state index contributed by atoms with van der Waals surface area (Å²) in [7, 11) is 0. The van der Waals surface area contributed by atoms with Gasteiger partial charge in [-0.1, -0.05) is 32.1 Å². The van der Waals surface area contributed by atoms with Crippen LogP contribution in [-0.4, -0.2) is 13.4 Å². The van der Waals surface area contributed by atoms with Crippen molar-refractivity contribution in [2.24, 2.45) is 5.41 Å². The molecule has 0 unspecified atom stereocenters. The lowest BCUT2D eigenvalue weighted by atomic mass is 9.93. The van der Waals surface area contributed by atoms with Crippen LogP contribution in [0.2, 0.25) is 0 Å². The van der Waals surface area contributed by atoms with Crippen molar-refractivity contribution in [1.82, 2.24) is 0 Å². The second kappa shape index (κ2) is 3.04. The van der Waals surface area contributed by atoms with Crippen molar-refractivity contribution in [1.29, 1.82) is 0 Å². The molecule has 1 aliphatic heterocycles. The zero-order valence-electron chi connectivity index (χ0n) is 8.04. The molecule has 0 radical (unpaired) electrons. The van der Waals surface area contributed by atoms with Gasteiger partial charge in [-0.05, 0) is 6.08 Å². The van der Waals surface area contributed by atoms with Gasteiger partial charge < -0.3 is 9.47 Å². The molecule has 0 bridgehead atoms. The number of hydrogen-bond donors (Lipinski definition) is 0. The molecule has 2 nitrogen and oxygen atoms in total. The second-order valence-electron chi connectivity index (χ2n) is 3.99. The fourth-order valence-electron chi connectivity index (χ4n) is 1.37. The molecule has 0 N–H and O–H groups in total. The Morgan fingerprint density at radius 1 is 1.23 bits per heavy atom. The molecule has 0 saturated heterocycles. The van der Waals surface area contributed by atoms with Gasteiger partial charge in [0.2, 0.25) is 0 Å². The minimum absolute atomic E-state index is 0.112. The van der Waals surface area contributed by atoms with Crippen molar-refractivity contribution in [3.63, 3.8) is 0 Å². The lowest BCUT2D eigenvalue weighted by molar-refractivity contribution is -0.0293. The maximum atomic E-state index is 5.37. The van der Waals surface area contributed by atoms with E-state index in [1.807, 2.05) is 6.08 Å². The Morgan fingerprint density at radius 3 is 2.85 bits per heavy atom. The Labute approximate surface area is 78.5 Å². The van der Waals surface area contributed by atoms with Crippen molar-refractivity contribution < 1.29 is 9.47 Å². The molecular formula is C11H14O2. The van der Waals surface area contributed by atoms with Crippen LogP contribution < -0.4 is 0 Å². The third-order valence-corrected chi connectivity index (χ3v) is 2.25. The van der Waals surface area contributed by atoms with Crippen LogP contribution in [0.5, 0.6) is 0 Å². The van der Waals surface area contributed by atoms with Crippen molar-refractivity contribution >= 4 is 0 Å². The summed E-state index contributed by atoms with van der Waals surface area (Å²) < 4.78 is 10.6. The van der Waals surface area contributed by atoms with Crippen LogP contribution >= 0.6 is 0 Å². The Bertz CT molecular complexity index is 267. The lowest BCUT2D eigenvalue weighted by Gasteiger charge is -2.16. The van der Waals surface area contributed by atoms with Crippen molar-refractivity contribution in [3.05, 3.63) is 35.6 Å². The van der Waals surface area contributed by atoms with Gasteiger partial charge in [0.05, 0.1) is 6.61 Å². The Hall–Kier alpha value is -1.02. The van der Waals surface area contributed by atoms with E-state index in [-0.39, 0.29) is 5.41 Å². The van der Waals surface area contributed by atoms with Crippen LogP contribution in [0.1, 0.15) is 13.8 Å². The maximum Gasteiger partial charge on any atom is 0.189 e. The molecule has 0 aromatic heterocycles. The van der Waals surface area contributed by atoms with Gasteiger partial charge in [-0.15, -0.1) is 0 Å². The first kappa shape index (κ1) is 8.57. The van der Waals surface area contributed by atoms with Gasteiger partial charge in [-0.2, -0.15) is 0 Å². The molecule has 0 aromatic rings. The summed E-state index contributed by atoms with van der Waals surface area (Å²) in [5.74, 6) is 0.952. The summed E-state index contributed by atoms with van der Waals surface area (Å²) in [4.78, 5) is 0. The van der Waals surface area contributed by atoms with E-state index in [2.05, 4.69) is 32.1 Å². The smallest absolute Gasteiger partial charge is 0.189 e. The van der Waals surface area contributed by atoms with Crippen LogP contribution in [0.4, 0.5) is 0 Å². The standard InChI is InChI=1S/C11H14O2/c1-11(2)5-3-9-7-12-8-13-10(9)4-6-11/h3-6H,7-8H2,1-2H3. The Balaban J connectivity index is 2.32. The fraction of sp³-hybridized carbons (Fsp3) is 0.455. The molecule has 2 heteroatoms. The highest BCUT2D eigenvalue weighted by Gasteiger charge is 2.17. The molecule has 0 atom stereocenters. The average molecular weight is 178 g/mol. The zero-order chi connectivity index (χ0) is 9.31. The van der Waals surface area contributed by atoms with E-state index in [0.717, 1.165) is 11.3 Å². The highest BCUT2D eigenvalue weighted by atomic mass is 16.7. The fourth-order valence-corrected chi connectivity index (χ4v) is 1.37. The Morgan fingerprint density at radius 2 is 2.00 bits per heavy atom. The van der Waals surface area contributed by atoms with E-state index in [1.165, 1.54) is 0 Å². The summed E-state index contributed by atoms with van der Waals surface area (Å²) in [6.07, 6.45) is 8.45. The van der Waals surface area contributed by atoms with E-state index in [9.17, 15) is 0 Å². The summed E-state index contributed by atoms with van der Waals surface area (Å²) >= 11 is 0. The second-order valence-corrected chi connectivity index (χ2v) is 3.99. The molecule has 13 heavy (non-hydrogen) atoms. The molecule has 1 heterocycles. The van der Waals surface area contributed by atoms with E-state index in [1.54, 1.807) is 0 Å². The van der Waals surface area contributed by atoms with Gasteiger partial charge in [0.1, 0.15) is 5.76 Å². The average Bonchev–Trinajstić information content (AvgIpc) is 2.27. The molecule has 2 aliphatic rings. The first-order chi connectivity index (χ1) is 6.17. The number of hydrogen-bond acceptors (Lipinski definition) is 2. The zero-order valence-corrected chi connectivity index (χ0v) is 8.04. The van der Waals surface area contributed by atoms with Gasteiger partial charge in [0.15, 0.2) is 6.79 Å². The molecule has 0 amide bonds. The number of ether oxygens (including phenoxy) is 2. The Kier molecular flexibility index (Phi) is 2.00. The largest absolute Gasteiger partial charge is 0.467 e. The van der Waals surface area contributed by atoms with Crippen molar-refractivity contribution in [3.8, 4) is 0 Å². The summed E-state index contributed by atoms with van der Waals surface area (Å²) in [6, 6.07) is 0. The quantitative estimate of drug-likeness (QED) is 0.567. The molecule has 0 saturated carbocycles. The molecule has 1 aliphatic carbocycles. The monoisotopic (exact) mass is 178 g/mol. The molecule has 0 aromatic carbocycles. The summed E-state index contributed by atoms with van der Waals surface area (Å²) in [5, 5.41) is 0. The van der Waals surface area contributed by atoms with Gasteiger partial charge >= 0.3 is 0 Å². The first-order valence-electron chi connectivity index (χ1n) is 4.50. The molecular weight excluding hydrogens is 164 g/mol. The van der Waals surface area contributed by atoms with Crippen LogP contribution in [0.3, 0.4) is 0 Å². The third kappa shape index (κ3) is 1.83. The van der Waals surface area contributed by atoms with E-state index < -0.39 is 0 Å². The van der Waals surface area contributed by atoms with Crippen molar-refractivity contribution in [2.75, 3.05) is 13.4 Å². The van der Waals surface area contributed by atoms with Crippen LogP contribution in [0.15, 0.2) is 35.6 Å².